The zero-order chi connectivity index (χ0) is 11.5. The van der Waals surface area contributed by atoms with Gasteiger partial charge in [-0.1, -0.05) is 0 Å². The summed E-state index contributed by atoms with van der Waals surface area (Å²) < 4.78 is 5.44. The first-order valence-corrected chi connectivity index (χ1v) is 6.03. The topological polar surface area (TPSA) is 58.8 Å². The molecule has 5 nitrogen and oxygen atoms in total. The third-order valence-electron chi connectivity index (χ3n) is 3.45. The lowest BCUT2D eigenvalue weighted by Gasteiger charge is -2.40. The van der Waals surface area contributed by atoms with Crippen molar-refractivity contribution in [3.8, 4) is 0 Å². The van der Waals surface area contributed by atoms with E-state index in [9.17, 15) is 4.79 Å². The van der Waals surface area contributed by atoms with Crippen LogP contribution in [-0.4, -0.2) is 67.7 Å². The zero-order valence-corrected chi connectivity index (χ0v) is 9.89. The number of amides is 1. The molecule has 2 atom stereocenters. The Kier molecular flexibility index (Phi) is 3.78. The number of nitrogens with zero attached hydrogens (tertiary/aromatic N) is 2. The number of rotatable bonds is 2. The molecule has 0 aromatic rings. The number of hydrogen-bond donors (Lipinski definition) is 1. The molecule has 0 aliphatic carbocycles. The second kappa shape index (κ2) is 5.12. The van der Waals surface area contributed by atoms with Crippen molar-refractivity contribution in [2.24, 2.45) is 5.73 Å². The van der Waals surface area contributed by atoms with E-state index in [1.165, 1.54) is 0 Å². The van der Waals surface area contributed by atoms with Crippen molar-refractivity contribution >= 4 is 5.91 Å². The van der Waals surface area contributed by atoms with Gasteiger partial charge in [-0.25, -0.2) is 0 Å². The third-order valence-corrected chi connectivity index (χ3v) is 3.45. The van der Waals surface area contributed by atoms with E-state index in [0.717, 1.165) is 39.1 Å². The van der Waals surface area contributed by atoms with Crippen LogP contribution in [-0.2, 0) is 9.53 Å². The molecule has 92 valence electrons. The normalized spacial score (nSPS) is 32.0. The van der Waals surface area contributed by atoms with E-state index in [-0.39, 0.29) is 18.1 Å². The van der Waals surface area contributed by atoms with Crippen LogP contribution in [0, 0.1) is 0 Å². The van der Waals surface area contributed by atoms with Crippen molar-refractivity contribution in [1.82, 2.24) is 9.80 Å². The first kappa shape index (κ1) is 11.8. The molecule has 5 heteroatoms. The fourth-order valence-corrected chi connectivity index (χ4v) is 2.46. The molecule has 16 heavy (non-hydrogen) atoms. The van der Waals surface area contributed by atoms with E-state index in [1.807, 2.05) is 4.90 Å². The predicted octanol–water partition coefficient (Wildman–Crippen LogP) is -0.733. The number of nitrogens with two attached hydrogens (primary N) is 1. The summed E-state index contributed by atoms with van der Waals surface area (Å²) in [6, 6.07) is 0.149. The molecule has 2 N–H and O–H groups in total. The second-order valence-electron chi connectivity index (χ2n) is 4.69. The van der Waals surface area contributed by atoms with Gasteiger partial charge in [-0.05, 0) is 19.9 Å². The zero-order valence-electron chi connectivity index (χ0n) is 9.89. The summed E-state index contributed by atoms with van der Waals surface area (Å²) >= 11 is 0. The van der Waals surface area contributed by atoms with Gasteiger partial charge in [0.05, 0.1) is 6.04 Å². The van der Waals surface area contributed by atoms with Crippen LogP contribution in [0.2, 0.25) is 0 Å². The Hall–Kier alpha value is -0.650. The Morgan fingerprint density at radius 1 is 1.50 bits per heavy atom. The molecule has 0 aromatic carbocycles. The molecule has 2 aliphatic heterocycles. The molecular weight excluding hydrogens is 206 g/mol. The number of likely N-dealkylation sites (N-methyl/N-ethyl adjacent to an activating group) is 1. The van der Waals surface area contributed by atoms with Crippen molar-refractivity contribution in [3.05, 3.63) is 0 Å². The average molecular weight is 227 g/mol. The quantitative estimate of drug-likeness (QED) is 0.675. The van der Waals surface area contributed by atoms with Crippen LogP contribution in [0.4, 0.5) is 0 Å². The van der Waals surface area contributed by atoms with Crippen molar-refractivity contribution in [2.75, 3.05) is 39.8 Å². The fraction of sp³-hybridized carbons (Fsp3) is 0.909. The summed E-state index contributed by atoms with van der Waals surface area (Å²) in [5.41, 5.74) is 5.73. The highest BCUT2D eigenvalue weighted by Gasteiger charge is 2.34. The van der Waals surface area contributed by atoms with Crippen molar-refractivity contribution in [1.29, 1.82) is 0 Å². The van der Waals surface area contributed by atoms with Gasteiger partial charge in [-0.3, -0.25) is 4.79 Å². The molecule has 0 aromatic heterocycles. The number of carbonyl (C=O) groups excluding carboxylic acids is 1. The third kappa shape index (κ3) is 2.36. The van der Waals surface area contributed by atoms with Crippen molar-refractivity contribution in [3.63, 3.8) is 0 Å². The molecule has 2 unspecified atom stereocenters. The van der Waals surface area contributed by atoms with Gasteiger partial charge in [0.25, 0.3) is 5.91 Å². The Bertz CT molecular complexity index is 254. The Morgan fingerprint density at radius 2 is 2.31 bits per heavy atom. The molecule has 2 heterocycles. The highest BCUT2D eigenvalue weighted by molar-refractivity contribution is 5.81. The Balaban J connectivity index is 1.98. The summed E-state index contributed by atoms with van der Waals surface area (Å²) in [7, 11) is 2.07. The van der Waals surface area contributed by atoms with Crippen LogP contribution >= 0.6 is 0 Å². The van der Waals surface area contributed by atoms with Gasteiger partial charge < -0.3 is 20.3 Å². The maximum Gasteiger partial charge on any atom is 0.252 e. The second-order valence-corrected chi connectivity index (χ2v) is 4.69. The molecular formula is C11H21N3O2. The molecule has 2 fully saturated rings. The Labute approximate surface area is 96.5 Å². The summed E-state index contributed by atoms with van der Waals surface area (Å²) in [4.78, 5) is 16.3. The first-order chi connectivity index (χ1) is 7.72. The van der Waals surface area contributed by atoms with Crippen molar-refractivity contribution in [2.45, 2.75) is 25.0 Å². The van der Waals surface area contributed by atoms with Gasteiger partial charge in [0, 0.05) is 32.8 Å². The molecule has 2 aliphatic rings. The van der Waals surface area contributed by atoms with Gasteiger partial charge in [-0.15, -0.1) is 0 Å². The number of carbonyl (C=O) groups is 1. The summed E-state index contributed by atoms with van der Waals surface area (Å²) in [6.45, 7) is 3.82. The fourth-order valence-electron chi connectivity index (χ4n) is 2.46. The number of hydrogen-bond acceptors (Lipinski definition) is 4. The number of ether oxygens (including phenoxy) is 1. The van der Waals surface area contributed by atoms with Crippen LogP contribution in [0.5, 0.6) is 0 Å². The first-order valence-electron chi connectivity index (χ1n) is 6.03. The van der Waals surface area contributed by atoms with E-state index in [1.54, 1.807) is 0 Å². The minimum absolute atomic E-state index is 0.140. The summed E-state index contributed by atoms with van der Waals surface area (Å²) in [5, 5.41) is 0. The van der Waals surface area contributed by atoms with Crippen LogP contribution in [0.25, 0.3) is 0 Å². The van der Waals surface area contributed by atoms with Gasteiger partial charge in [0.15, 0.2) is 0 Å². The Morgan fingerprint density at radius 3 is 2.94 bits per heavy atom. The maximum atomic E-state index is 12.2. The maximum absolute atomic E-state index is 12.2. The van der Waals surface area contributed by atoms with Crippen molar-refractivity contribution < 1.29 is 9.53 Å². The lowest BCUT2D eigenvalue weighted by Crippen LogP contribution is -2.58. The van der Waals surface area contributed by atoms with Gasteiger partial charge in [0.2, 0.25) is 0 Å². The van der Waals surface area contributed by atoms with Gasteiger partial charge >= 0.3 is 0 Å². The summed E-state index contributed by atoms with van der Waals surface area (Å²) in [6.07, 6.45) is 1.65. The van der Waals surface area contributed by atoms with Crippen LogP contribution in [0.1, 0.15) is 12.8 Å². The highest BCUT2D eigenvalue weighted by atomic mass is 16.5. The van der Waals surface area contributed by atoms with E-state index in [2.05, 4.69) is 11.9 Å². The largest absolute Gasteiger partial charge is 0.368 e. The van der Waals surface area contributed by atoms with Crippen LogP contribution < -0.4 is 5.73 Å². The molecule has 0 saturated carbocycles. The predicted molar refractivity (Wildman–Crippen MR) is 61.0 cm³/mol. The SMILES string of the molecule is CN1CCN(C(=O)C2CCCO2)C(CN)C1. The molecule has 0 bridgehead atoms. The monoisotopic (exact) mass is 227 g/mol. The smallest absolute Gasteiger partial charge is 0.252 e. The average Bonchev–Trinajstić information content (AvgIpc) is 2.81. The summed E-state index contributed by atoms with van der Waals surface area (Å²) in [5.74, 6) is 0.140. The van der Waals surface area contributed by atoms with Gasteiger partial charge in [0.1, 0.15) is 6.10 Å². The van der Waals surface area contributed by atoms with E-state index < -0.39 is 0 Å². The molecule has 1 amide bonds. The minimum atomic E-state index is -0.211. The molecule has 2 rings (SSSR count). The molecule has 0 radical (unpaired) electrons. The van der Waals surface area contributed by atoms with Crippen LogP contribution in [0.15, 0.2) is 0 Å². The van der Waals surface area contributed by atoms with E-state index in [0.29, 0.717) is 6.54 Å². The van der Waals surface area contributed by atoms with Gasteiger partial charge in [-0.2, -0.15) is 0 Å². The molecule has 0 spiro atoms. The lowest BCUT2D eigenvalue weighted by molar-refractivity contribution is -0.145. The standard InChI is InChI=1S/C11H21N3O2/c1-13-4-5-14(9(7-12)8-13)11(15)10-3-2-6-16-10/h9-10H,2-8,12H2,1H3. The molecule has 2 saturated heterocycles. The highest BCUT2D eigenvalue weighted by Crippen LogP contribution is 2.17. The van der Waals surface area contributed by atoms with E-state index >= 15 is 0 Å². The van der Waals surface area contributed by atoms with Crippen LogP contribution in [0.3, 0.4) is 0 Å². The lowest BCUT2D eigenvalue weighted by atomic mass is 10.1. The minimum Gasteiger partial charge on any atom is -0.368 e. The number of piperazine rings is 1. The van der Waals surface area contributed by atoms with E-state index in [4.69, 9.17) is 10.5 Å².